The van der Waals surface area contributed by atoms with Crippen molar-refractivity contribution in [2.24, 2.45) is 11.7 Å². The van der Waals surface area contributed by atoms with Gasteiger partial charge in [-0.1, -0.05) is 0 Å². The Balaban J connectivity index is 1.61. The van der Waals surface area contributed by atoms with Crippen LogP contribution in [0.1, 0.15) is 38.5 Å². The average molecular weight is 239 g/mol. The standard InChI is InChI=1S/C14H29N3/c1-16-9-4-13(5-10-16)12-17(2)11-8-14(15)6-3-7-14/h13H,3-12,15H2,1-2H3. The van der Waals surface area contributed by atoms with Gasteiger partial charge in [0, 0.05) is 12.1 Å². The van der Waals surface area contributed by atoms with Gasteiger partial charge in [0.1, 0.15) is 0 Å². The van der Waals surface area contributed by atoms with Crippen LogP contribution < -0.4 is 5.73 Å². The molecule has 1 aliphatic heterocycles. The zero-order valence-electron chi connectivity index (χ0n) is 11.6. The van der Waals surface area contributed by atoms with Crippen LogP contribution in [0.2, 0.25) is 0 Å². The molecule has 1 saturated carbocycles. The van der Waals surface area contributed by atoms with E-state index in [1.165, 1.54) is 64.7 Å². The summed E-state index contributed by atoms with van der Waals surface area (Å²) in [6, 6.07) is 0. The predicted molar refractivity (Wildman–Crippen MR) is 73.1 cm³/mol. The van der Waals surface area contributed by atoms with Gasteiger partial charge in [0.15, 0.2) is 0 Å². The fourth-order valence-electron chi connectivity index (χ4n) is 3.07. The molecule has 0 aromatic heterocycles. The molecule has 100 valence electrons. The Hall–Kier alpha value is -0.120. The fraction of sp³-hybridized carbons (Fsp3) is 1.00. The van der Waals surface area contributed by atoms with Crippen LogP contribution in [0, 0.1) is 5.92 Å². The van der Waals surface area contributed by atoms with Crippen LogP contribution in [0.15, 0.2) is 0 Å². The van der Waals surface area contributed by atoms with Gasteiger partial charge in [-0.25, -0.2) is 0 Å². The van der Waals surface area contributed by atoms with Crippen molar-refractivity contribution in [2.75, 3.05) is 40.3 Å². The van der Waals surface area contributed by atoms with Gasteiger partial charge in [-0.05, 0) is 78.2 Å². The lowest BCUT2D eigenvalue weighted by Gasteiger charge is -2.40. The Morgan fingerprint density at radius 3 is 2.47 bits per heavy atom. The maximum atomic E-state index is 6.27. The summed E-state index contributed by atoms with van der Waals surface area (Å²) in [7, 11) is 4.50. The smallest absolute Gasteiger partial charge is 0.0166 e. The molecular formula is C14H29N3. The minimum Gasteiger partial charge on any atom is -0.325 e. The van der Waals surface area contributed by atoms with E-state index in [0.29, 0.717) is 0 Å². The topological polar surface area (TPSA) is 32.5 Å². The van der Waals surface area contributed by atoms with Crippen LogP contribution in [0.5, 0.6) is 0 Å². The van der Waals surface area contributed by atoms with Crippen molar-refractivity contribution in [3.05, 3.63) is 0 Å². The minimum absolute atomic E-state index is 0.195. The number of hydrogen-bond donors (Lipinski definition) is 1. The van der Waals surface area contributed by atoms with Gasteiger partial charge in [-0.3, -0.25) is 0 Å². The van der Waals surface area contributed by atoms with E-state index in [9.17, 15) is 0 Å². The summed E-state index contributed by atoms with van der Waals surface area (Å²) in [5, 5.41) is 0. The quantitative estimate of drug-likeness (QED) is 0.790. The molecule has 17 heavy (non-hydrogen) atoms. The molecule has 1 aliphatic carbocycles. The number of nitrogens with zero attached hydrogens (tertiary/aromatic N) is 2. The predicted octanol–water partition coefficient (Wildman–Crippen LogP) is 1.53. The second-order valence-electron chi connectivity index (χ2n) is 6.47. The van der Waals surface area contributed by atoms with Crippen molar-refractivity contribution in [1.82, 2.24) is 9.80 Å². The summed E-state index contributed by atoms with van der Waals surface area (Å²) in [4.78, 5) is 4.95. The van der Waals surface area contributed by atoms with Crippen molar-refractivity contribution in [3.8, 4) is 0 Å². The van der Waals surface area contributed by atoms with Gasteiger partial charge in [-0.2, -0.15) is 0 Å². The maximum absolute atomic E-state index is 6.27. The SMILES string of the molecule is CN1CCC(CN(C)CCC2(N)CCC2)CC1. The Morgan fingerprint density at radius 1 is 1.29 bits per heavy atom. The molecule has 0 unspecified atom stereocenters. The number of likely N-dealkylation sites (tertiary alicyclic amines) is 1. The molecular weight excluding hydrogens is 210 g/mol. The van der Waals surface area contributed by atoms with Gasteiger partial charge < -0.3 is 15.5 Å². The maximum Gasteiger partial charge on any atom is 0.0166 e. The molecule has 0 atom stereocenters. The Morgan fingerprint density at radius 2 is 1.94 bits per heavy atom. The second-order valence-corrected chi connectivity index (χ2v) is 6.47. The molecule has 2 rings (SSSR count). The van der Waals surface area contributed by atoms with Crippen molar-refractivity contribution in [2.45, 2.75) is 44.1 Å². The molecule has 0 bridgehead atoms. The summed E-state index contributed by atoms with van der Waals surface area (Å²) in [5.74, 6) is 0.909. The van der Waals surface area contributed by atoms with Crippen molar-refractivity contribution in [3.63, 3.8) is 0 Å². The average Bonchev–Trinajstić information content (AvgIpc) is 2.27. The third-order valence-electron chi connectivity index (χ3n) is 4.75. The first-order chi connectivity index (χ1) is 8.07. The van der Waals surface area contributed by atoms with Crippen LogP contribution in [0.3, 0.4) is 0 Å². The molecule has 0 radical (unpaired) electrons. The van der Waals surface area contributed by atoms with Crippen molar-refractivity contribution >= 4 is 0 Å². The summed E-state index contributed by atoms with van der Waals surface area (Å²) < 4.78 is 0. The molecule has 1 heterocycles. The first-order valence-electron chi connectivity index (χ1n) is 7.23. The van der Waals surface area contributed by atoms with E-state index < -0.39 is 0 Å². The lowest BCUT2D eigenvalue weighted by atomic mass is 9.75. The molecule has 0 spiro atoms. The van der Waals surface area contributed by atoms with Crippen molar-refractivity contribution < 1.29 is 0 Å². The van der Waals surface area contributed by atoms with Gasteiger partial charge >= 0.3 is 0 Å². The van der Waals surface area contributed by atoms with Crippen LogP contribution in [-0.4, -0.2) is 55.6 Å². The highest BCUT2D eigenvalue weighted by Gasteiger charge is 2.32. The van der Waals surface area contributed by atoms with E-state index in [-0.39, 0.29) is 5.54 Å². The number of nitrogens with two attached hydrogens (primary N) is 1. The van der Waals surface area contributed by atoms with E-state index in [1.807, 2.05) is 0 Å². The monoisotopic (exact) mass is 239 g/mol. The first kappa shape index (κ1) is 13.3. The second kappa shape index (κ2) is 5.68. The zero-order chi connectivity index (χ0) is 12.3. The van der Waals surface area contributed by atoms with Crippen LogP contribution in [0.25, 0.3) is 0 Å². The van der Waals surface area contributed by atoms with E-state index in [4.69, 9.17) is 5.73 Å². The largest absolute Gasteiger partial charge is 0.325 e. The fourth-order valence-corrected chi connectivity index (χ4v) is 3.07. The molecule has 3 heteroatoms. The zero-order valence-corrected chi connectivity index (χ0v) is 11.6. The van der Waals surface area contributed by atoms with E-state index in [1.54, 1.807) is 0 Å². The van der Waals surface area contributed by atoms with Gasteiger partial charge in [0.2, 0.25) is 0 Å². The van der Waals surface area contributed by atoms with Crippen LogP contribution in [-0.2, 0) is 0 Å². The number of piperidine rings is 1. The minimum atomic E-state index is 0.195. The Bertz CT molecular complexity index is 230. The number of rotatable bonds is 5. The molecule has 2 N–H and O–H groups in total. The van der Waals surface area contributed by atoms with E-state index in [2.05, 4.69) is 23.9 Å². The lowest BCUT2D eigenvalue weighted by molar-refractivity contribution is 0.154. The van der Waals surface area contributed by atoms with Crippen LogP contribution >= 0.6 is 0 Å². The molecule has 0 aromatic rings. The summed E-state index contributed by atoms with van der Waals surface area (Å²) in [6.07, 6.45) is 7.76. The highest BCUT2D eigenvalue weighted by Crippen LogP contribution is 2.32. The molecule has 0 amide bonds. The highest BCUT2D eigenvalue weighted by molar-refractivity contribution is 4.92. The Kier molecular flexibility index (Phi) is 4.45. The van der Waals surface area contributed by atoms with Gasteiger partial charge in [-0.15, -0.1) is 0 Å². The third-order valence-corrected chi connectivity index (χ3v) is 4.75. The normalized spacial score (nSPS) is 26.1. The summed E-state index contributed by atoms with van der Waals surface area (Å²) in [5.41, 5.74) is 6.46. The van der Waals surface area contributed by atoms with E-state index >= 15 is 0 Å². The summed E-state index contributed by atoms with van der Waals surface area (Å²) >= 11 is 0. The van der Waals surface area contributed by atoms with Crippen molar-refractivity contribution in [1.29, 1.82) is 0 Å². The molecule has 1 saturated heterocycles. The molecule has 2 fully saturated rings. The lowest BCUT2D eigenvalue weighted by Crippen LogP contribution is -2.48. The third kappa shape index (κ3) is 3.94. The molecule has 3 nitrogen and oxygen atoms in total. The molecule has 2 aliphatic rings. The van der Waals surface area contributed by atoms with Gasteiger partial charge in [0.05, 0.1) is 0 Å². The Labute approximate surface area is 106 Å². The molecule has 0 aromatic carbocycles. The van der Waals surface area contributed by atoms with E-state index in [0.717, 1.165) is 5.92 Å². The van der Waals surface area contributed by atoms with Crippen LogP contribution in [0.4, 0.5) is 0 Å². The highest BCUT2D eigenvalue weighted by atomic mass is 15.1. The van der Waals surface area contributed by atoms with Gasteiger partial charge in [0.25, 0.3) is 0 Å². The first-order valence-corrected chi connectivity index (χ1v) is 7.23. The summed E-state index contributed by atoms with van der Waals surface area (Å²) in [6.45, 7) is 5.01. The number of hydrogen-bond acceptors (Lipinski definition) is 3.